The summed E-state index contributed by atoms with van der Waals surface area (Å²) in [4.78, 5) is 23.5. The van der Waals surface area contributed by atoms with Crippen LogP contribution in [-0.4, -0.2) is 50.8 Å². The molecule has 2 N–H and O–H groups in total. The van der Waals surface area contributed by atoms with Crippen molar-refractivity contribution < 1.29 is 18.4 Å². The summed E-state index contributed by atoms with van der Waals surface area (Å²) < 4.78 is 20.6. The highest BCUT2D eigenvalue weighted by Gasteiger charge is 2.24. The highest BCUT2D eigenvalue weighted by atomic mass is 32.1. The number of hydrogen-bond donors (Lipinski definition) is 1. The van der Waals surface area contributed by atoms with Crippen molar-refractivity contribution in [1.29, 1.82) is 0 Å². The van der Waals surface area contributed by atoms with Gasteiger partial charge in [0.1, 0.15) is 11.5 Å². The summed E-state index contributed by atoms with van der Waals surface area (Å²) in [6.07, 6.45) is 14.2. The number of carbonyl (C=O) groups excluding carboxylic acids is 1. The Morgan fingerprint density at radius 2 is 1.96 bits per heavy atom. The number of aromatic nitrogens is 4. The van der Waals surface area contributed by atoms with Crippen LogP contribution in [0.1, 0.15) is 24.6 Å². The molecule has 0 aliphatic carbocycles. The number of amides is 1. The van der Waals surface area contributed by atoms with Gasteiger partial charge in [-0.05, 0) is 43.2 Å². The van der Waals surface area contributed by atoms with Crippen LogP contribution in [0.2, 0.25) is 0 Å². The lowest BCUT2D eigenvalue weighted by Gasteiger charge is -2.31. The number of hydrogen-bond acceptors (Lipinski definition) is 9. The number of pyridine rings is 2. The first-order valence-electron chi connectivity index (χ1n) is 14.6. The fourth-order valence-electron chi connectivity index (χ4n) is 6.07. The number of ether oxygens (including phenoxy) is 1. The molecule has 0 unspecified atom stereocenters. The number of benzene rings is 1. The Morgan fingerprint density at radius 1 is 1.07 bits per heavy atom. The first-order chi connectivity index (χ1) is 22.1. The fraction of sp³-hybridized carbons (Fsp3) is 0.176. The Kier molecular flexibility index (Phi) is 6.60. The molecule has 1 fully saturated rings. The molecule has 45 heavy (non-hydrogen) atoms. The fourth-order valence-corrected chi connectivity index (χ4v) is 6.98. The van der Waals surface area contributed by atoms with Gasteiger partial charge in [0.25, 0.3) is 0 Å². The summed E-state index contributed by atoms with van der Waals surface area (Å²) in [5.41, 5.74) is 10.3. The molecule has 224 valence electrons. The third-order valence-electron chi connectivity index (χ3n) is 8.43. The number of rotatable bonds is 6. The molecule has 1 aromatic carbocycles. The molecule has 0 atom stereocenters. The number of anilines is 1. The first kappa shape index (κ1) is 27.2. The molecule has 0 saturated carbocycles. The second-order valence-electron chi connectivity index (χ2n) is 11.1. The van der Waals surface area contributed by atoms with Gasteiger partial charge in [-0.25, -0.2) is 4.98 Å². The lowest BCUT2D eigenvalue weighted by molar-refractivity contribution is -0.127. The zero-order valence-corrected chi connectivity index (χ0v) is 25.2. The molecule has 0 bridgehead atoms. The van der Waals surface area contributed by atoms with Crippen LogP contribution in [0, 0.1) is 0 Å². The zero-order valence-electron chi connectivity index (χ0n) is 24.3. The van der Waals surface area contributed by atoms with Gasteiger partial charge in [-0.3, -0.25) is 14.5 Å². The summed E-state index contributed by atoms with van der Waals surface area (Å²) in [5, 5.41) is 9.69. The molecule has 1 saturated heterocycles. The Morgan fingerprint density at radius 3 is 2.82 bits per heavy atom. The number of para-hydroxylation sites is 1. The van der Waals surface area contributed by atoms with Gasteiger partial charge < -0.3 is 24.2 Å². The second-order valence-corrected chi connectivity index (χ2v) is 12.0. The van der Waals surface area contributed by atoms with E-state index in [0.717, 1.165) is 56.2 Å². The highest BCUT2D eigenvalue weighted by Crippen LogP contribution is 2.40. The molecule has 1 aliphatic heterocycles. The number of likely N-dealkylation sites (tertiary alicyclic amines) is 1. The summed E-state index contributed by atoms with van der Waals surface area (Å²) >= 11 is 1.63. The monoisotopic (exact) mass is 616 g/mol. The van der Waals surface area contributed by atoms with Gasteiger partial charge in [0, 0.05) is 82.2 Å². The summed E-state index contributed by atoms with van der Waals surface area (Å²) in [5.74, 6) is 2.32. The summed E-state index contributed by atoms with van der Waals surface area (Å²) in [6, 6.07) is 11.8. The number of carbonyl (C=O) groups is 1. The van der Waals surface area contributed by atoms with Crippen LogP contribution in [0.3, 0.4) is 0 Å². The molecule has 10 nitrogen and oxygen atoms in total. The summed E-state index contributed by atoms with van der Waals surface area (Å²) in [7, 11) is 1.61. The molecule has 0 radical (unpaired) electrons. The minimum absolute atomic E-state index is 0.0391. The average molecular weight is 617 g/mol. The minimum Gasteiger partial charge on any atom is -0.493 e. The van der Waals surface area contributed by atoms with Crippen LogP contribution >= 0.6 is 11.3 Å². The molecule has 8 rings (SSSR count). The van der Waals surface area contributed by atoms with Crippen LogP contribution in [0.5, 0.6) is 5.75 Å². The number of fused-ring (bicyclic) bond motifs is 3. The van der Waals surface area contributed by atoms with Crippen molar-refractivity contribution in [3.05, 3.63) is 84.6 Å². The standard InChI is InChI=1S/C34H28N6O4S/c1-42-28-4-2-3-20-13-23(43-32(20)28)5-6-31(41)39-11-8-22(9-12-39)40-18-21(15-38-40)26-16-37-34(35)33-25(26)14-29(44-33)27-19-45-30-17-36-10-7-24(27)30/h2-7,10,13-19,22H,8-9,11-12H2,1H3,(H2,35,37)/b6-5+. The third kappa shape index (κ3) is 4.81. The number of nitrogens with zero attached hydrogens (tertiary/aromatic N) is 5. The lowest BCUT2D eigenvalue weighted by Crippen LogP contribution is -2.38. The molecule has 6 aromatic heterocycles. The van der Waals surface area contributed by atoms with E-state index >= 15 is 0 Å². The van der Waals surface area contributed by atoms with Crippen LogP contribution in [-0.2, 0) is 4.79 Å². The van der Waals surface area contributed by atoms with Gasteiger partial charge in [0.2, 0.25) is 5.91 Å². The van der Waals surface area contributed by atoms with E-state index in [1.54, 1.807) is 43.0 Å². The van der Waals surface area contributed by atoms with Gasteiger partial charge in [-0.1, -0.05) is 12.1 Å². The quantitative estimate of drug-likeness (QED) is 0.195. The van der Waals surface area contributed by atoms with Crippen LogP contribution in [0.25, 0.3) is 60.6 Å². The maximum absolute atomic E-state index is 13.0. The van der Waals surface area contributed by atoms with E-state index in [0.29, 0.717) is 41.6 Å². The van der Waals surface area contributed by atoms with Crippen molar-refractivity contribution >= 4 is 61.2 Å². The van der Waals surface area contributed by atoms with E-state index in [9.17, 15) is 4.79 Å². The third-order valence-corrected chi connectivity index (χ3v) is 9.36. The van der Waals surface area contributed by atoms with Crippen molar-refractivity contribution in [1.82, 2.24) is 24.6 Å². The van der Waals surface area contributed by atoms with E-state index in [1.807, 2.05) is 64.6 Å². The lowest BCUT2D eigenvalue weighted by atomic mass is 10.0. The second kappa shape index (κ2) is 10.9. The molecule has 11 heteroatoms. The first-order valence-corrected chi connectivity index (χ1v) is 15.5. The average Bonchev–Trinajstić information content (AvgIpc) is 3.88. The molecule has 1 aliphatic rings. The van der Waals surface area contributed by atoms with Gasteiger partial charge in [-0.2, -0.15) is 5.10 Å². The summed E-state index contributed by atoms with van der Waals surface area (Å²) in [6.45, 7) is 1.28. The number of thiophene rings is 1. The smallest absolute Gasteiger partial charge is 0.246 e. The van der Waals surface area contributed by atoms with E-state index < -0.39 is 0 Å². The van der Waals surface area contributed by atoms with Crippen LogP contribution < -0.4 is 10.5 Å². The van der Waals surface area contributed by atoms with Gasteiger partial charge >= 0.3 is 0 Å². The number of methoxy groups -OCH3 is 1. The van der Waals surface area contributed by atoms with E-state index in [4.69, 9.17) is 24.4 Å². The largest absolute Gasteiger partial charge is 0.493 e. The van der Waals surface area contributed by atoms with Gasteiger partial charge in [-0.15, -0.1) is 11.3 Å². The Bertz CT molecular complexity index is 2230. The van der Waals surface area contributed by atoms with E-state index in [1.165, 1.54) is 0 Å². The van der Waals surface area contributed by atoms with Crippen LogP contribution in [0.4, 0.5) is 5.82 Å². The SMILES string of the molecule is COc1cccc2cc(/C=C/C(=O)N3CCC(n4cc(-c5cnc(N)c6oc(-c7csc8cnccc78)cc56)cn4)CC3)oc12. The van der Waals surface area contributed by atoms with Crippen molar-refractivity contribution in [2.45, 2.75) is 18.9 Å². The Hall–Kier alpha value is -5.42. The minimum atomic E-state index is -0.0391. The number of nitrogen functional groups attached to an aromatic ring is 1. The molecule has 7 aromatic rings. The topological polar surface area (TPSA) is 125 Å². The number of piperidine rings is 1. The van der Waals surface area contributed by atoms with Crippen molar-refractivity contribution in [3.63, 3.8) is 0 Å². The van der Waals surface area contributed by atoms with Crippen molar-refractivity contribution in [2.24, 2.45) is 0 Å². The maximum atomic E-state index is 13.0. The maximum Gasteiger partial charge on any atom is 0.246 e. The van der Waals surface area contributed by atoms with Crippen molar-refractivity contribution in [3.8, 4) is 28.2 Å². The van der Waals surface area contributed by atoms with E-state index in [2.05, 4.69) is 15.3 Å². The molecular formula is C34H28N6O4S. The number of nitrogens with two attached hydrogens (primary N) is 1. The predicted octanol–water partition coefficient (Wildman–Crippen LogP) is 7.18. The zero-order chi connectivity index (χ0) is 30.5. The number of furan rings is 2. The van der Waals surface area contributed by atoms with Gasteiger partial charge in [0.15, 0.2) is 22.7 Å². The predicted molar refractivity (Wildman–Crippen MR) is 175 cm³/mol. The van der Waals surface area contributed by atoms with Crippen molar-refractivity contribution in [2.75, 3.05) is 25.9 Å². The molecule has 0 spiro atoms. The van der Waals surface area contributed by atoms with Crippen LogP contribution in [0.15, 0.2) is 87.7 Å². The van der Waals surface area contributed by atoms with E-state index in [-0.39, 0.29) is 11.9 Å². The Balaban J connectivity index is 0.974. The Labute approximate surface area is 261 Å². The normalized spacial score (nSPS) is 14.4. The highest BCUT2D eigenvalue weighted by molar-refractivity contribution is 7.17. The molecular weight excluding hydrogens is 588 g/mol. The molecule has 7 heterocycles. The van der Waals surface area contributed by atoms with Gasteiger partial charge in [0.05, 0.1) is 24.0 Å². The molecule has 1 amide bonds.